The van der Waals surface area contributed by atoms with E-state index >= 15 is 0 Å². The van der Waals surface area contributed by atoms with Crippen molar-refractivity contribution < 1.29 is 13.2 Å². The van der Waals surface area contributed by atoms with E-state index in [0.29, 0.717) is 17.8 Å². The van der Waals surface area contributed by atoms with Crippen LogP contribution in [0.5, 0.6) is 0 Å². The highest BCUT2D eigenvalue weighted by atomic mass is 32.2. The first kappa shape index (κ1) is 22.6. The SMILES string of the molecule is Cc1cccc(C)c1N(Cc1ccc(C(=O)NCCCn2ccnc2)cc1)S(C)(=O)=O. The Morgan fingerprint density at radius 2 is 1.77 bits per heavy atom. The average Bonchev–Trinajstić information content (AvgIpc) is 3.23. The highest BCUT2D eigenvalue weighted by Crippen LogP contribution is 2.28. The minimum atomic E-state index is -3.47. The van der Waals surface area contributed by atoms with Crippen molar-refractivity contribution in [1.29, 1.82) is 0 Å². The second-order valence-corrected chi connectivity index (χ2v) is 9.52. The average molecular weight is 441 g/mol. The Bertz CT molecular complexity index is 1100. The van der Waals surface area contributed by atoms with Crippen LogP contribution >= 0.6 is 0 Å². The Hall–Kier alpha value is -3.13. The van der Waals surface area contributed by atoms with Gasteiger partial charge < -0.3 is 9.88 Å². The Balaban J connectivity index is 1.64. The van der Waals surface area contributed by atoms with Crippen molar-refractivity contribution >= 4 is 21.6 Å². The summed E-state index contributed by atoms with van der Waals surface area (Å²) in [4.78, 5) is 16.4. The number of amides is 1. The first-order valence-corrected chi connectivity index (χ1v) is 12.0. The Kier molecular flexibility index (Phi) is 7.12. The van der Waals surface area contributed by atoms with E-state index in [4.69, 9.17) is 0 Å². The molecule has 1 amide bonds. The highest BCUT2D eigenvalue weighted by Gasteiger charge is 2.21. The number of aryl methyl sites for hydroxylation is 3. The summed E-state index contributed by atoms with van der Waals surface area (Å²) in [5.41, 5.74) is 3.85. The van der Waals surface area contributed by atoms with Crippen molar-refractivity contribution in [2.45, 2.75) is 33.4 Å². The summed E-state index contributed by atoms with van der Waals surface area (Å²) in [6, 6.07) is 12.8. The number of para-hydroxylation sites is 1. The van der Waals surface area contributed by atoms with E-state index in [1.165, 1.54) is 10.6 Å². The monoisotopic (exact) mass is 440 g/mol. The molecule has 0 aliphatic heterocycles. The number of carbonyl (C=O) groups excluding carboxylic acids is 1. The zero-order valence-electron chi connectivity index (χ0n) is 18.1. The number of anilines is 1. The van der Waals surface area contributed by atoms with Gasteiger partial charge in [-0.2, -0.15) is 0 Å². The minimum absolute atomic E-state index is 0.146. The predicted octanol–water partition coefficient (Wildman–Crippen LogP) is 3.29. The van der Waals surface area contributed by atoms with Gasteiger partial charge in [-0.15, -0.1) is 0 Å². The molecule has 3 rings (SSSR count). The fraction of sp³-hybridized carbons (Fsp3) is 0.304. The summed E-state index contributed by atoms with van der Waals surface area (Å²) in [6.45, 7) is 5.37. The summed E-state index contributed by atoms with van der Waals surface area (Å²) in [5.74, 6) is -0.146. The normalized spacial score (nSPS) is 11.3. The van der Waals surface area contributed by atoms with Gasteiger partial charge in [0.2, 0.25) is 10.0 Å². The second-order valence-electron chi connectivity index (χ2n) is 7.62. The molecule has 3 aromatic rings. The van der Waals surface area contributed by atoms with Gasteiger partial charge in [0, 0.05) is 31.0 Å². The summed E-state index contributed by atoms with van der Waals surface area (Å²) < 4.78 is 28.4. The number of aromatic nitrogens is 2. The number of benzene rings is 2. The summed E-state index contributed by atoms with van der Waals surface area (Å²) in [5, 5.41) is 2.91. The largest absolute Gasteiger partial charge is 0.352 e. The Labute approximate surface area is 183 Å². The van der Waals surface area contributed by atoms with Crippen LogP contribution in [0, 0.1) is 13.8 Å². The molecule has 164 valence electrons. The lowest BCUT2D eigenvalue weighted by atomic mass is 10.1. The molecule has 0 saturated carbocycles. The molecule has 0 spiro atoms. The molecule has 1 N–H and O–H groups in total. The first-order chi connectivity index (χ1) is 14.8. The number of nitrogens with zero attached hydrogens (tertiary/aromatic N) is 3. The zero-order valence-corrected chi connectivity index (χ0v) is 18.9. The lowest BCUT2D eigenvalue weighted by molar-refractivity contribution is 0.0952. The van der Waals surface area contributed by atoms with Gasteiger partial charge in [0.15, 0.2) is 0 Å². The van der Waals surface area contributed by atoms with Gasteiger partial charge in [-0.05, 0) is 49.1 Å². The smallest absolute Gasteiger partial charge is 0.251 e. The molecule has 31 heavy (non-hydrogen) atoms. The molecular formula is C23H28N4O3S. The van der Waals surface area contributed by atoms with Crippen LogP contribution in [0.4, 0.5) is 5.69 Å². The summed E-state index contributed by atoms with van der Waals surface area (Å²) in [6.07, 6.45) is 7.38. The lowest BCUT2D eigenvalue weighted by Gasteiger charge is -2.26. The first-order valence-electron chi connectivity index (χ1n) is 10.1. The molecule has 7 nitrogen and oxygen atoms in total. The molecule has 0 unspecified atom stereocenters. The molecular weight excluding hydrogens is 412 g/mol. The van der Waals surface area contributed by atoms with Crippen LogP contribution < -0.4 is 9.62 Å². The van der Waals surface area contributed by atoms with Crippen molar-refractivity contribution in [3.63, 3.8) is 0 Å². The molecule has 0 aliphatic carbocycles. The van der Waals surface area contributed by atoms with E-state index < -0.39 is 10.0 Å². The highest BCUT2D eigenvalue weighted by molar-refractivity contribution is 7.92. The van der Waals surface area contributed by atoms with Crippen LogP contribution in [0.1, 0.15) is 33.5 Å². The number of rotatable bonds is 9. The quantitative estimate of drug-likeness (QED) is 0.518. The van der Waals surface area contributed by atoms with E-state index in [1.807, 2.05) is 42.8 Å². The van der Waals surface area contributed by atoms with Crippen molar-refractivity contribution in [2.24, 2.45) is 0 Å². The number of nitrogens with one attached hydrogen (secondary N) is 1. The van der Waals surface area contributed by atoms with Gasteiger partial charge >= 0.3 is 0 Å². The van der Waals surface area contributed by atoms with Crippen LogP contribution in [-0.4, -0.2) is 36.7 Å². The molecule has 8 heteroatoms. The number of hydrogen-bond donors (Lipinski definition) is 1. The van der Waals surface area contributed by atoms with Crippen LogP contribution in [0.3, 0.4) is 0 Å². The summed E-state index contributed by atoms with van der Waals surface area (Å²) in [7, 11) is -3.47. The molecule has 1 heterocycles. The topological polar surface area (TPSA) is 84.3 Å². The van der Waals surface area contributed by atoms with E-state index in [2.05, 4.69) is 10.3 Å². The third-order valence-corrected chi connectivity index (χ3v) is 6.18. The van der Waals surface area contributed by atoms with Gasteiger partial charge in [0.25, 0.3) is 5.91 Å². The fourth-order valence-corrected chi connectivity index (χ4v) is 4.48. The van der Waals surface area contributed by atoms with Gasteiger partial charge in [-0.25, -0.2) is 13.4 Å². The Morgan fingerprint density at radius 3 is 2.35 bits per heavy atom. The molecule has 0 radical (unpaired) electrons. The third kappa shape index (κ3) is 5.95. The maximum absolute atomic E-state index is 12.5. The number of imidazole rings is 1. The molecule has 0 bridgehead atoms. The molecule has 0 atom stereocenters. The molecule has 0 aliphatic rings. The number of carbonyl (C=O) groups is 1. The minimum Gasteiger partial charge on any atom is -0.352 e. The molecule has 2 aromatic carbocycles. The van der Waals surface area contributed by atoms with Crippen molar-refractivity contribution in [2.75, 3.05) is 17.1 Å². The standard InChI is InChI=1S/C23H28N4O3S/c1-18-6-4-7-19(2)22(18)27(31(3,29)30)16-20-8-10-21(11-9-20)23(28)25-12-5-14-26-15-13-24-17-26/h4,6-11,13,15,17H,5,12,14,16H2,1-3H3,(H,25,28). The van der Waals surface area contributed by atoms with Crippen LogP contribution in [0.2, 0.25) is 0 Å². The van der Waals surface area contributed by atoms with Gasteiger partial charge in [-0.3, -0.25) is 9.10 Å². The third-order valence-electron chi connectivity index (χ3n) is 5.07. The van der Waals surface area contributed by atoms with Gasteiger partial charge in [-0.1, -0.05) is 30.3 Å². The molecule has 0 fully saturated rings. The lowest BCUT2D eigenvalue weighted by Crippen LogP contribution is -2.30. The molecule has 1 aromatic heterocycles. The van der Waals surface area contributed by atoms with Crippen LogP contribution in [0.15, 0.2) is 61.2 Å². The number of hydrogen-bond acceptors (Lipinski definition) is 4. The van der Waals surface area contributed by atoms with Crippen LogP contribution in [-0.2, 0) is 23.1 Å². The van der Waals surface area contributed by atoms with E-state index in [9.17, 15) is 13.2 Å². The van der Waals surface area contributed by atoms with E-state index in [-0.39, 0.29) is 12.5 Å². The number of sulfonamides is 1. The van der Waals surface area contributed by atoms with Crippen molar-refractivity contribution in [3.8, 4) is 0 Å². The molecule has 0 saturated heterocycles. The van der Waals surface area contributed by atoms with Crippen molar-refractivity contribution in [1.82, 2.24) is 14.9 Å². The Morgan fingerprint density at radius 1 is 1.10 bits per heavy atom. The van der Waals surface area contributed by atoms with Crippen molar-refractivity contribution in [3.05, 3.63) is 83.4 Å². The van der Waals surface area contributed by atoms with Gasteiger partial charge in [0.05, 0.1) is 24.8 Å². The maximum Gasteiger partial charge on any atom is 0.251 e. The van der Waals surface area contributed by atoms with Gasteiger partial charge in [0.1, 0.15) is 0 Å². The summed E-state index contributed by atoms with van der Waals surface area (Å²) >= 11 is 0. The fourth-order valence-electron chi connectivity index (χ4n) is 3.47. The van der Waals surface area contributed by atoms with Crippen LogP contribution in [0.25, 0.3) is 0 Å². The zero-order chi connectivity index (χ0) is 22.4. The van der Waals surface area contributed by atoms with E-state index in [0.717, 1.165) is 29.7 Å². The predicted molar refractivity (Wildman–Crippen MR) is 123 cm³/mol. The second kappa shape index (κ2) is 9.78. The maximum atomic E-state index is 12.5. The van der Waals surface area contributed by atoms with E-state index in [1.54, 1.807) is 36.8 Å².